The molecule has 1 aromatic rings. The summed E-state index contributed by atoms with van der Waals surface area (Å²) in [6, 6.07) is 6.27. The summed E-state index contributed by atoms with van der Waals surface area (Å²) in [6.45, 7) is 1.69. The fraction of sp³-hybridized carbons (Fsp3) is 0.591. The highest BCUT2D eigenvalue weighted by Gasteiger charge is 2.29. The van der Waals surface area contributed by atoms with Gasteiger partial charge in [0.25, 0.3) is 5.91 Å². The summed E-state index contributed by atoms with van der Waals surface area (Å²) in [5.74, 6) is 0.653. The van der Waals surface area contributed by atoms with Gasteiger partial charge in [-0.05, 0) is 55.5 Å². The molecule has 0 bridgehead atoms. The van der Waals surface area contributed by atoms with Gasteiger partial charge in [0.2, 0.25) is 16.3 Å². The molecule has 10 heteroatoms. The van der Waals surface area contributed by atoms with Crippen molar-refractivity contribution in [2.24, 2.45) is 5.92 Å². The predicted molar refractivity (Wildman–Crippen MR) is 117 cm³/mol. The van der Waals surface area contributed by atoms with Crippen molar-refractivity contribution in [2.45, 2.75) is 49.8 Å². The topological polar surface area (TPSA) is 114 Å². The standard InChI is InChI=1S/C22H32N2O7S/c1-16-14-20(22(26)23-17-4-3-5-17)31-21(15-16)30-13-11-24(10-12-25)32(27,28)19-8-6-18(29-2)7-9-19/h6-9,14,16-17,21,25H,3-5,10-13,15H2,1-2H3,(H,23,26)/t16-,21+/m1/s1. The molecule has 3 rings (SSSR count). The molecule has 1 amide bonds. The number of methoxy groups -OCH3 is 1. The molecule has 0 unspecified atom stereocenters. The molecule has 2 atom stereocenters. The van der Waals surface area contributed by atoms with Crippen molar-refractivity contribution in [1.82, 2.24) is 9.62 Å². The maximum absolute atomic E-state index is 13.0. The van der Waals surface area contributed by atoms with Crippen LogP contribution in [0.25, 0.3) is 0 Å². The van der Waals surface area contributed by atoms with Crippen molar-refractivity contribution < 1.29 is 32.5 Å². The molecular weight excluding hydrogens is 436 g/mol. The summed E-state index contributed by atoms with van der Waals surface area (Å²) in [6.07, 6.45) is 4.80. The third-order valence-corrected chi connectivity index (χ3v) is 7.53. The summed E-state index contributed by atoms with van der Waals surface area (Å²) >= 11 is 0. The van der Waals surface area contributed by atoms with Crippen LogP contribution in [0.2, 0.25) is 0 Å². The molecule has 0 spiro atoms. The summed E-state index contributed by atoms with van der Waals surface area (Å²) in [5.41, 5.74) is 0. The van der Waals surface area contributed by atoms with E-state index in [0.29, 0.717) is 12.2 Å². The normalized spacial score (nSPS) is 21.4. The Bertz CT molecular complexity index is 897. The van der Waals surface area contributed by atoms with Gasteiger partial charge < -0.3 is 24.6 Å². The quantitative estimate of drug-likeness (QED) is 0.507. The Labute approximate surface area is 189 Å². The molecule has 0 aromatic heterocycles. The minimum absolute atomic E-state index is 0.0382. The zero-order valence-electron chi connectivity index (χ0n) is 18.5. The van der Waals surface area contributed by atoms with Crippen LogP contribution in [0.3, 0.4) is 0 Å². The molecule has 1 heterocycles. The second-order valence-corrected chi connectivity index (χ2v) is 10.0. The van der Waals surface area contributed by atoms with Crippen molar-refractivity contribution in [3.63, 3.8) is 0 Å². The second-order valence-electron chi connectivity index (χ2n) is 8.07. The van der Waals surface area contributed by atoms with Crippen LogP contribution in [-0.4, -0.2) is 69.5 Å². The number of rotatable bonds is 11. The van der Waals surface area contributed by atoms with Crippen molar-refractivity contribution in [2.75, 3.05) is 33.4 Å². The predicted octanol–water partition coefficient (Wildman–Crippen LogP) is 1.63. The molecule has 2 N–H and O–H groups in total. The summed E-state index contributed by atoms with van der Waals surface area (Å²) < 4.78 is 43.7. The van der Waals surface area contributed by atoms with Crippen LogP contribution in [0.1, 0.15) is 32.6 Å². The number of hydrogen-bond donors (Lipinski definition) is 2. The number of allylic oxidation sites excluding steroid dienone is 1. The first-order valence-electron chi connectivity index (χ1n) is 10.9. The number of hydrogen-bond acceptors (Lipinski definition) is 7. The number of sulfonamides is 1. The molecule has 178 valence electrons. The zero-order valence-corrected chi connectivity index (χ0v) is 19.3. The lowest BCUT2D eigenvalue weighted by Crippen LogP contribution is -2.42. The molecule has 1 fully saturated rings. The Balaban J connectivity index is 1.56. The molecule has 0 radical (unpaired) electrons. The van der Waals surface area contributed by atoms with E-state index in [0.717, 1.165) is 19.3 Å². The number of carbonyl (C=O) groups is 1. The van der Waals surface area contributed by atoms with E-state index in [4.69, 9.17) is 14.2 Å². The zero-order chi connectivity index (χ0) is 23.1. The van der Waals surface area contributed by atoms with Crippen LogP contribution in [-0.2, 0) is 24.3 Å². The lowest BCUT2D eigenvalue weighted by Gasteiger charge is -2.31. The van der Waals surface area contributed by atoms with Gasteiger partial charge in [0, 0.05) is 25.6 Å². The van der Waals surface area contributed by atoms with Crippen molar-refractivity contribution >= 4 is 15.9 Å². The molecule has 9 nitrogen and oxygen atoms in total. The first-order chi connectivity index (χ1) is 15.3. The van der Waals surface area contributed by atoms with Gasteiger partial charge in [0.05, 0.1) is 25.2 Å². The Morgan fingerprint density at radius 2 is 1.97 bits per heavy atom. The van der Waals surface area contributed by atoms with Crippen LogP contribution in [0.15, 0.2) is 41.0 Å². The number of carbonyl (C=O) groups excluding carboxylic acids is 1. The monoisotopic (exact) mass is 468 g/mol. The minimum Gasteiger partial charge on any atom is -0.497 e. The number of nitrogens with zero attached hydrogens (tertiary/aromatic N) is 1. The van der Waals surface area contributed by atoms with Crippen LogP contribution >= 0.6 is 0 Å². The second kappa shape index (κ2) is 11.1. The van der Waals surface area contributed by atoms with E-state index in [1.807, 2.05) is 6.92 Å². The van der Waals surface area contributed by atoms with Crippen LogP contribution in [0.5, 0.6) is 5.75 Å². The van der Waals surface area contributed by atoms with Gasteiger partial charge in [-0.1, -0.05) is 6.92 Å². The minimum atomic E-state index is -3.81. The number of aliphatic hydroxyl groups is 1. The molecule has 32 heavy (non-hydrogen) atoms. The lowest BCUT2D eigenvalue weighted by molar-refractivity contribution is -0.149. The molecular formula is C22H32N2O7S. The Morgan fingerprint density at radius 3 is 2.56 bits per heavy atom. The van der Waals surface area contributed by atoms with Gasteiger partial charge in [0.1, 0.15) is 5.75 Å². The van der Waals surface area contributed by atoms with Gasteiger partial charge in [-0.25, -0.2) is 8.42 Å². The van der Waals surface area contributed by atoms with Gasteiger partial charge >= 0.3 is 0 Å². The third kappa shape index (κ3) is 6.22. The SMILES string of the molecule is COc1ccc(S(=O)(=O)N(CCO)CCO[C@@H]2C[C@H](C)C=C(C(=O)NC3CCC3)O2)cc1. The van der Waals surface area contributed by atoms with E-state index >= 15 is 0 Å². The van der Waals surface area contributed by atoms with E-state index < -0.39 is 16.3 Å². The van der Waals surface area contributed by atoms with E-state index in [9.17, 15) is 18.3 Å². The number of nitrogens with one attached hydrogen (secondary N) is 1. The molecule has 1 aliphatic heterocycles. The van der Waals surface area contributed by atoms with E-state index in [-0.39, 0.29) is 54.8 Å². The number of amides is 1. The van der Waals surface area contributed by atoms with Gasteiger partial charge in [-0.15, -0.1) is 0 Å². The average Bonchev–Trinajstić information content (AvgIpc) is 2.75. The van der Waals surface area contributed by atoms with Gasteiger partial charge in [-0.3, -0.25) is 4.79 Å². The Hall–Kier alpha value is -2.14. The average molecular weight is 469 g/mol. The Kier molecular flexibility index (Phi) is 8.52. The highest BCUT2D eigenvalue weighted by atomic mass is 32.2. The summed E-state index contributed by atoms with van der Waals surface area (Å²) in [4.78, 5) is 12.5. The molecule has 1 aromatic carbocycles. The molecule has 2 aliphatic rings. The Morgan fingerprint density at radius 1 is 1.25 bits per heavy atom. The van der Waals surface area contributed by atoms with Crippen molar-refractivity contribution in [3.05, 3.63) is 36.1 Å². The van der Waals surface area contributed by atoms with Crippen LogP contribution in [0, 0.1) is 5.92 Å². The highest BCUT2D eigenvalue weighted by molar-refractivity contribution is 7.89. The molecule has 1 saturated carbocycles. The van der Waals surface area contributed by atoms with E-state index in [1.165, 1.54) is 23.5 Å². The van der Waals surface area contributed by atoms with Crippen molar-refractivity contribution in [3.8, 4) is 5.75 Å². The van der Waals surface area contributed by atoms with Gasteiger partial charge in [0.15, 0.2) is 5.76 Å². The van der Waals surface area contributed by atoms with Crippen LogP contribution < -0.4 is 10.1 Å². The number of ether oxygens (including phenoxy) is 3. The first kappa shape index (κ1) is 24.5. The lowest BCUT2D eigenvalue weighted by atomic mass is 9.93. The summed E-state index contributed by atoms with van der Waals surface area (Å²) in [5, 5.41) is 12.3. The molecule has 1 aliphatic carbocycles. The fourth-order valence-electron chi connectivity index (χ4n) is 3.55. The largest absolute Gasteiger partial charge is 0.497 e. The maximum atomic E-state index is 13.0. The fourth-order valence-corrected chi connectivity index (χ4v) is 4.96. The smallest absolute Gasteiger partial charge is 0.286 e. The van der Waals surface area contributed by atoms with Crippen molar-refractivity contribution in [1.29, 1.82) is 0 Å². The van der Waals surface area contributed by atoms with Gasteiger partial charge in [-0.2, -0.15) is 4.31 Å². The number of benzene rings is 1. The summed E-state index contributed by atoms with van der Waals surface area (Å²) in [7, 11) is -2.31. The van der Waals surface area contributed by atoms with E-state index in [2.05, 4.69) is 5.32 Å². The molecule has 0 saturated heterocycles. The maximum Gasteiger partial charge on any atom is 0.286 e. The number of aliphatic hydroxyl groups excluding tert-OH is 1. The highest BCUT2D eigenvalue weighted by Crippen LogP contribution is 2.25. The third-order valence-electron chi connectivity index (χ3n) is 5.61. The van der Waals surface area contributed by atoms with E-state index in [1.54, 1.807) is 18.2 Å². The van der Waals surface area contributed by atoms with Crippen LogP contribution in [0.4, 0.5) is 0 Å². The first-order valence-corrected chi connectivity index (χ1v) is 12.3.